The third-order valence-corrected chi connectivity index (χ3v) is 6.19. The number of benzene rings is 2. The minimum Gasteiger partial charge on any atom is -0.339 e. The molecule has 2 amide bonds. The van der Waals surface area contributed by atoms with Gasteiger partial charge in [0, 0.05) is 24.3 Å². The molecule has 1 N–H and O–H groups in total. The maximum Gasteiger partial charge on any atom is 0.253 e. The fourth-order valence-electron chi connectivity index (χ4n) is 3.54. The van der Waals surface area contributed by atoms with Gasteiger partial charge in [0.05, 0.1) is 12.3 Å². The fraction of sp³-hybridized carbons (Fsp3) is 0.304. The number of aromatic nitrogens is 3. The van der Waals surface area contributed by atoms with E-state index in [0.717, 1.165) is 37.3 Å². The number of amides is 2. The van der Waals surface area contributed by atoms with Gasteiger partial charge < -0.3 is 14.8 Å². The molecule has 1 aromatic heterocycles. The van der Waals surface area contributed by atoms with Crippen molar-refractivity contribution >= 4 is 29.3 Å². The molecule has 0 atom stereocenters. The van der Waals surface area contributed by atoms with Gasteiger partial charge in [0.1, 0.15) is 5.82 Å². The van der Waals surface area contributed by atoms with E-state index in [-0.39, 0.29) is 17.6 Å². The second-order valence-corrected chi connectivity index (χ2v) is 8.46. The number of aryl methyl sites for hydroxylation is 1. The summed E-state index contributed by atoms with van der Waals surface area (Å²) in [5.41, 5.74) is 2.48. The molecule has 8 heteroatoms. The van der Waals surface area contributed by atoms with Crippen LogP contribution in [0.5, 0.6) is 0 Å². The number of hydrogen-bond donors (Lipinski definition) is 1. The van der Waals surface area contributed by atoms with Gasteiger partial charge in [0.15, 0.2) is 5.16 Å². The number of nitrogens with zero attached hydrogens (tertiary/aromatic N) is 4. The molecule has 1 aliphatic heterocycles. The number of nitrogens with one attached hydrogen (secondary N) is 1. The predicted octanol–water partition coefficient (Wildman–Crippen LogP) is 3.60. The van der Waals surface area contributed by atoms with Crippen LogP contribution in [-0.2, 0) is 11.3 Å². The highest BCUT2D eigenvalue weighted by atomic mass is 32.2. The average Bonchev–Trinajstić information content (AvgIpc) is 3.44. The Bertz CT molecular complexity index is 1040. The normalized spacial score (nSPS) is 13.4. The Morgan fingerprint density at radius 3 is 2.42 bits per heavy atom. The van der Waals surface area contributed by atoms with Gasteiger partial charge in [0.2, 0.25) is 5.91 Å². The standard InChI is InChI=1S/C23H25N5O2S/c1-17-25-26-23(28(17)15-18-7-3-2-4-8-18)31-16-21(29)24-20-11-9-19(10-12-20)22(30)27-13-5-6-14-27/h2-4,7-12H,5-6,13-16H2,1H3,(H,24,29). The zero-order valence-corrected chi connectivity index (χ0v) is 18.3. The molecule has 2 heterocycles. The predicted molar refractivity (Wildman–Crippen MR) is 121 cm³/mol. The quantitative estimate of drug-likeness (QED) is 0.574. The number of likely N-dealkylation sites (tertiary alicyclic amines) is 1. The number of thioether (sulfide) groups is 1. The first-order chi connectivity index (χ1) is 15.1. The Hall–Kier alpha value is -3.13. The summed E-state index contributed by atoms with van der Waals surface area (Å²) in [5.74, 6) is 0.959. The smallest absolute Gasteiger partial charge is 0.253 e. The van der Waals surface area contributed by atoms with Crippen LogP contribution in [0.1, 0.15) is 34.6 Å². The molecule has 1 aliphatic rings. The lowest BCUT2D eigenvalue weighted by molar-refractivity contribution is -0.113. The maximum absolute atomic E-state index is 12.4. The van der Waals surface area contributed by atoms with E-state index >= 15 is 0 Å². The highest BCUT2D eigenvalue weighted by Gasteiger charge is 2.19. The van der Waals surface area contributed by atoms with Crippen molar-refractivity contribution in [2.45, 2.75) is 31.5 Å². The van der Waals surface area contributed by atoms with E-state index in [1.807, 2.05) is 34.6 Å². The zero-order valence-electron chi connectivity index (χ0n) is 17.5. The van der Waals surface area contributed by atoms with Gasteiger partial charge in [-0.3, -0.25) is 9.59 Å². The lowest BCUT2D eigenvalue weighted by Crippen LogP contribution is -2.27. The second-order valence-electron chi connectivity index (χ2n) is 7.52. The Kier molecular flexibility index (Phi) is 6.66. The van der Waals surface area contributed by atoms with Crippen molar-refractivity contribution in [2.24, 2.45) is 0 Å². The van der Waals surface area contributed by atoms with E-state index in [0.29, 0.717) is 23.0 Å². The number of carbonyl (C=O) groups excluding carboxylic acids is 2. The van der Waals surface area contributed by atoms with Crippen LogP contribution in [0.25, 0.3) is 0 Å². The van der Waals surface area contributed by atoms with E-state index in [2.05, 4.69) is 27.6 Å². The summed E-state index contributed by atoms with van der Waals surface area (Å²) in [6.45, 7) is 4.22. The molecule has 0 aliphatic carbocycles. The van der Waals surface area contributed by atoms with E-state index in [9.17, 15) is 9.59 Å². The molecular formula is C23H25N5O2S. The topological polar surface area (TPSA) is 80.1 Å². The van der Waals surface area contributed by atoms with Crippen molar-refractivity contribution in [1.82, 2.24) is 19.7 Å². The van der Waals surface area contributed by atoms with Gasteiger partial charge >= 0.3 is 0 Å². The maximum atomic E-state index is 12.4. The number of hydrogen-bond acceptors (Lipinski definition) is 5. The molecule has 0 bridgehead atoms. The molecule has 2 aromatic carbocycles. The summed E-state index contributed by atoms with van der Waals surface area (Å²) in [6.07, 6.45) is 2.13. The lowest BCUT2D eigenvalue weighted by Gasteiger charge is -2.15. The molecule has 1 fully saturated rings. The summed E-state index contributed by atoms with van der Waals surface area (Å²) < 4.78 is 2.01. The number of anilines is 1. The van der Waals surface area contributed by atoms with Crippen LogP contribution in [0.3, 0.4) is 0 Å². The minimum atomic E-state index is -0.129. The summed E-state index contributed by atoms with van der Waals surface area (Å²) >= 11 is 1.36. The van der Waals surface area contributed by atoms with Crippen molar-refractivity contribution in [3.63, 3.8) is 0 Å². The average molecular weight is 436 g/mol. The number of carbonyl (C=O) groups is 2. The van der Waals surface area contributed by atoms with E-state index in [1.54, 1.807) is 24.3 Å². The first kappa shape index (κ1) is 21.1. The first-order valence-corrected chi connectivity index (χ1v) is 11.3. The van der Waals surface area contributed by atoms with E-state index in [4.69, 9.17) is 0 Å². The monoisotopic (exact) mass is 435 g/mol. The van der Waals surface area contributed by atoms with E-state index in [1.165, 1.54) is 11.8 Å². The van der Waals surface area contributed by atoms with Gasteiger partial charge in [-0.2, -0.15) is 0 Å². The zero-order chi connectivity index (χ0) is 21.6. The molecule has 4 rings (SSSR count). The van der Waals surface area contributed by atoms with Crippen LogP contribution < -0.4 is 5.32 Å². The van der Waals surface area contributed by atoms with E-state index < -0.39 is 0 Å². The first-order valence-electron chi connectivity index (χ1n) is 10.4. The Morgan fingerprint density at radius 2 is 1.71 bits per heavy atom. The molecule has 3 aromatic rings. The van der Waals surface area contributed by atoms with Crippen molar-refractivity contribution in [2.75, 3.05) is 24.2 Å². The third-order valence-electron chi connectivity index (χ3n) is 5.23. The van der Waals surface area contributed by atoms with Crippen LogP contribution in [-0.4, -0.2) is 50.3 Å². The van der Waals surface area contributed by atoms with Crippen molar-refractivity contribution in [3.05, 3.63) is 71.5 Å². The molecule has 31 heavy (non-hydrogen) atoms. The van der Waals surface area contributed by atoms with Crippen LogP contribution in [0.4, 0.5) is 5.69 Å². The Balaban J connectivity index is 1.32. The van der Waals surface area contributed by atoms with Gasteiger partial charge in [-0.1, -0.05) is 42.1 Å². The van der Waals surface area contributed by atoms with Gasteiger partial charge in [-0.05, 0) is 49.6 Å². The SMILES string of the molecule is Cc1nnc(SCC(=O)Nc2ccc(C(=O)N3CCCC3)cc2)n1Cc1ccccc1. The summed E-state index contributed by atoms with van der Waals surface area (Å²) in [4.78, 5) is 26.7. The molecule has 0 radical (unpaired) electrons. The van der Waals surface area contributed by atoms with Crippen LogP contribution in [0, 0.1) is 6.92 Å². The number of rotatable bonds is 7. The molecule has 160 valence electrons. The van der Waals surface area contributed by atoms with Gasteiger partial charge in [-0.15, -0.1) is 10.2 Å². The molecule has 0 saturated carbocycles. The molecule has 1 saturated heterocycles. The van der Waals surface area contributed by atoms with Crippen LogP contribution >= 0.6 is 11.8 Å². The lowest BCUT2D eigenvalue weighted by atomic mass is 10.2. The van der Waals surface area contributed by atoms with Crippen LogP contribution in [0.2, 0.25) is 0 Å². The summed E-state index contributed by atoms with van der Waals surface area (Å²) in [5, 5.41) is 12.0. The molecule has 0 spiro atoms. The van der Waals surface area contributed by atoms with Gasteiger partial charge in [-0.25, -0.2) is 0 Å². The van der Waals surface area contributed by atoms with Crippen LogP contribution in [0.15, 0.2) is 59.8 Å². The molecule has 7 nitrogen and oxygen atoms in total. The Labute approximate surface area is 185 Å². The highest BCUT2D eigenvalue weighted by molar-refractivity contribution is 7.99. The Morgan fingerprint density at radius 1 is 1.00 bits per heavy atom. The summed E-state index contributed by atoms with van der Waals surface area (Å²) in [6, 6.07) is 17.2. The third kappa shape index (κ3) is 5.32. The minimum absolute atomic E-state index is 0.0547. The molecule has 0 unspecified atom stereocenters. The van der Waals surface area contributed by atoms with Crippen molar-refractivity contribution in [3.8, 4) is 0 Å². The van der Waals surface area contributed by atoms with Gasteiger partial charge in [0.25, 0.3) is 5.91 Å². The largest absolute Gasteiger partial charge is 0.339 e. The summed E-state index contributed by atoms with van der Waals surface area (Å²) in [7, 11) is 0. The van der Waals surface area contributed by atoms with Crippen molar-refractivity contribution in [1.29, 1.82) is 0 Å². The fourth-order valence-corrected chi connectivity index (χ4v) is 4.33. The molecular weight excluding hydrogens is 410 g/mol. The highest BCUT2D eigenvalue weighted by Crippen LogP contribution is 2.20. The second kappa shape index (κ2) is 9.78. The van der Waals surface area contributed by atoms with Crippen molar-refractivity contribution < 1.29 is 9.59 Å².